The van der Waals surface area contributed by atoms with E-state index in [4.69, 9.17) is 14.5 Å². The van der Waals surface area contributed by atoms with E-state index in [1.165, 1.54) is 39.7 Å². The van der Waals surface area contributed by atoms with E-state index in [1.807, 2.05) is 54.6 Å². The highest BCUT2D eigenvalue weighted by molar-refractivity contribution is 8.18. The van der Waals surface area contributed by atoms with E-state index in [9.17, 15) is 4.79 Å². The minimum absolute atomic E-state index is 0.165. The van der Waals surface area contributed by atoms with E-state index in [2.05, 4.69) is 83.0 Å². The Balaban J connectivity index is 1.10. The number of methoxy groups -OCH3 is 1. The summed E-state index contributed by atoms with van der Waals surface area (Å²) < 4.78 is 11.7. The standard InChI is InChI=1S/C42H37N3O3S/c1-47-38-23-29(17-18-37(38)48-27-28-11-5-2-6-12-28)24-39-41(46)44-42(49-39)43-32-25-35-33(30-13-7-3-8-14-30)19-21-45-22-20-34(36(26-32)40(35)45)31-15-9-4-10-16-31/h2-18,23-26,33-34H,19-22,27H2,1H3,(H,43,44,46)/b39-24-/t33-,34+. The summed E-state index contributed by atoms with van der Waals surface area (Å²) >= 11 is 1.36. The number of hydrogen-bond acceptors (Lipinski definition) is 6. The number of hydrogen-bond donors (Lipinski definition) is 1. The predicted molar refractivity (Wildman–Crippen MR) is 199 cm³/mol. The molecule has 6 nitrogen and oxygen atoms in total. The molecule has 0 aromatic heterocycles. The summed E-state index contributed by atoms with van der Waals surface area (Å²) in [6, 6.07) is 41.9. The first-order valence-corrected chi connectivity index (χ1v) is 17.6. The van der Waals surface area contributed by atoms with Crippen LogP contribution >= 0.6 is 11.8 Å². The number of carbonyl (C=O) groups excluding carboxylic acids is 1. The monoisotopic (exact) mass is 663 g/mol. The lowest BCUT2D eigenvalue weighted by Crippen LogP contribution is -2.37. The van der Waals surface area contributed by atoms with E-state index >= 15 is 0 Å². The molecule has 0 saturated carbocycles. The first-order chi connectivity index (χ1) is 24.1. The van der Waals surface area contributed by atoms with Gasteiger partial charge in [0.05, 0.1) is 17.7 Å². The maximum atomic E-state index is 13.2. The number of benzene rings is 5. The van der Waals surface area contributed by atoms with Crippen LogP contribution in [-0.2, 0) is 11.4 Å². The van der Waals surface area contributed by atoms with Crippen molar-refractivity contribution in [2.24, 2.45) is 4.99 Å². The Bertz CT molecular complexity index is 1970. The van der Waals surface area contributed by atoms with Crippen LogP contribution in [0, 0.1) is 0 Å². The summed E-state index contributed by atoms with van der Waals surface area (Å²) in [7, 11) is 1.62. The lowest BCUT2D eigenvalue weighted by atomic mass is 9.76. The van der Waals surface area contributed by atoms with Gasteiger partial charge in [0.1, 0.15) is 6.61 Å². The second-order valence-corrected chi connectivity index (χ2v) is 13.7. The van der Waals surface area contributed by atoms with E-state index in [0.29, 0.717) is 28.2 Å². The highest BCUT2D eigenvalue weighted by atomic mass is 32.2. The predicted octanol–water partition coefficient (Wildman–Crippen LogP) is 9.04. The number of anilines is 1. The maximum Gasteiger partial charge on any atom is 0.264 e. The number of carbonyl (C=O) groups is 1. The van der Waals surface area contributed by atoms with Gasteiger partial charge in [-0.3, -0.25) is 4.79 Å². The number of nitrogens with zero attached hydrogens (tertiary/aromatic N) is 2. The summed E-state index contributed by atoms with van der Waals surface area (Å²) in [5.41, 5.74) is 9.45. The summed E-state index contributed by atoms with van der Waals surface area (Å²) in [6.45, 7) is 2.52. The number of nitrogens with one attached hydrogen (secondary N) is 1. The number of ether oxygens (including phenoxy) is 2. The van der Waals surface area contributed by atoms with Crippen LogP contribution in [0.25, 0.3) is 6.08 Å². The van der Waals surface area contributed by atoms with Crippen molar-refractivity contribution in [3.8, 4) is 11.5 Å². The Morgan fingerprint density at radius 1 is 0.796 bits per heavy atom. The Morgan fingerprint density at radius 2 is 1.41 bits per heavy atom. The van der Waals surface area contributed by atoms with Gasteiger partial charge in [0, 0.05) is 30.6 Å². The van der Waals surface area contributed by atoms with Gasteiger partial charge < -0.3 is 19.7 Å². The first kappa shape index (κ1) is 31.0. The third kappa shape index (κ3) is 6.46. The highest BCUT2D eigenvalue weighted by Crippen LogP contribution is 2.50. The summed E-state index contributed by atoms with van der Waals surface area (Å²) in [6.07, 6.45) is 3.99. The van der Waals surface area contributed by atoms with Gasteiger partial charge in [0.25, 0.3) is 5.91 Å². The third-order valence-corrected chi connectivity index (χ3v) is 10.5. The lowest BCUT2D eigenvalue weighted by Gasteiger charge is -2.43. The Kier molecular flexibility index (Phi) is 8.67. The molecule has 1 amide bonds. The van der Waals surface area contributed by atoms with Crippen LogP contribution in [0.2, 0.25) is 0 Å². The Hall–Kier alpha value is -5.27. The average molecular weight is 664 g/mol. The second-order valence-electron chi connectivity index (χ2n) is 12.6. The largest absolute Gasteiger partial charge is 0.493 e. The number of aliphatic imine (C=N–C) groups is 1. The van der Waals surface area contributed by atoms with E-state index in [1.54, 1.807) is 7.11 Å². The molecule has 0 bridgehead atoms. The van der Waals surface area contributed by atoms with E-state index < -0.39 is 0 Å². The fraction of sp³-hybridized carbons (Fsp3) is 0.190. The molecular weight excluding hydrogens is 627 g/mol. The molecule has 0 spiro atoms. The smallest absolute Gasteiger partial charge is 0.264 e. The van der Waals surface area contributed by atoms with Crippen LogP contribution in [-0.4, -0.2) is 31.3 Å². The Morgan fingerprint density at radius 3 is 2.02 bits per heavy atom. The molecule has 0 aliphatic carbocycles. The van der Waals surface area contributed by atoms with Crippen LogP contribution in [0.15, 0.2) is 131 Å². The molecular formula is C42H37N3O3S. The normalized spacial score (nSPS) is 19.9. The molecule has 5 aromatic rings. The summed E-state index contributed by atoms with van der Waals surface area (Å²) in [5, 5.41) is 3.59. The highest BCUT2D eigenvalue weighted by Gasteiger charge is 2.35. The minimum atomic E-state index is -0.165. The van der Waals surface area contributed by atoms with Crippen molar-refractivity contribution in [1.29, 1.82) is 0 Å². The van der Waals surface area contributed by atoms with Crippen LogP contribution in [0.5, 0.6) is 11.5 Å². The van der Waals surface area contributed by atoms with Crippen molar-refractivity contribution in [1.82, 2.24) is 5.32 Å². The molecule has 3 heterocycles. The van der Waals surface area contributed by atoms with Gasteiger partial charge in [-0.1, -0.05) is 97.1 Å². The van der Waals surface area contributed by atoms with Crippen molar-refractivity contribution in [3.63, 3.8) is 0 Å². The minimum Gasteiger partial charge on any atom is -0.493 e. The average Bonchev–Trinajstić information content (AvgIpc) is 3.49. The quantitative estimate of drug-likeness (QED) is 0.168. The molecule has 0 radical (unpaired) electrons. The van der Waals surface area contributed by atoms with Gasteiger partial charge in [0.15, 0.2) is 16.7 Å². The zero-order chi connectivity index (χ0) is 33.2. The third-order valence-electron chi connectivity index (χ3n) is 9.60. The van der Waals surface area contributed by atoms with Crippen LogP contribution < -0.4 is 19.7 Å². The number of amides is 1. The molecule has 3 aliphatic heterocycles. The van der Waals surface area contributed by atoms with Crippen molar-refractivity contribution in [2.45, 2.75) is 31.3 Å². The molecule has 3 aliphatic rings. The zero-order valence-electron chi connectivity index (χ0n) is 27.3. The van der Waals surface area contributed by atoms with Crippen molar-refractivity contribution in [3.05, 3.63) is 160 Å². The van der Waals surface area contributed by atoms with Crippen molar-refractivity contribution >= 4 is 40.3 Å². The molecule has 1 N–H and O–H groups in total. The molecule has 244 valence electrons. The molecule has 1 fully saturated rings. The summed E-state index contributed by atoms with van der Waals surface area (Å²) in [5.74, 6) is 1.67. The van der Waals surface area contributed by atoms with Gasteiger partial charge >= 0.3 is 0 Å². The van der Waals surface area contributed by atoms with Crippen molar-refractivity contribution in [2.75, 3.05) is 25.1 Å². The van der Waals surface area contributed by atoms with Crippen LogP contribution in [0.4, 0.5) is 11.4 Å². The van der Waals surface area contributed by atoms with E-state index in [0.717, 1.165) is 42.7 Å². The van der Waals surface area contributed by atoms with Gasteiger partial charge in [-0.15, -0.1) is 0 Å². The molecule has 49 heavy (non-hydrogen) atoms. The van der Waals surface area contributed by atoms with E-state index in [-0.39, 0.29) is 17.7 Å². The fourth-order valence-electron chi connectivity index (χ4n) is 7.28. The fourth-order valence-corrected chi connectivity index (χ4v) is 8.12. The van der Waals surface area contributed by atoms with Crippen LogP contribution in [0.3, 0.4) is 0 Å². The number of amidine groups is 1. The Labute approximate surface area is 291 Å². The van der Waals surface area contributed by atoms with Crippen molar-refractivity contribution < 1.29 is 14.3 Å². The molecule has 8 rings (SSSR count). The van der Waals surface area contributed by atoms with Gasteiger partial charge in [-0.2, -0.15) is 0 Å². The van der Waals surface area contributed by atoms with Crippen LogP contribution in [0.1, 0.15) is 58.1 Å². The molecule has 5 aromatic carbocycles. The maximum absolute atomic E-state index is 13.2. The second kappa shape index (κ2) is 13.7. The van der Waals surface area contributed by atoms with Gasteiger partial charge in [-0.05, 0) is 88.3 Å². The lowest BCUT2D eigenvalue weighted by molar-refractivity contribution is -0.115. The topological polar surface area (TPSA) is 63.2 Å². The number of thioether (sulfide) groups is 1. The SMILES string of the molecule is COc1cc(/C=C2\SC(=Nc3cc4c5c(c3)[C@H](c3ccccc3)CCN5CC[C@@H]4c3ccccc3)NC2=O)ccc1OCc1ccccc1. The number of rotatable bonds is 8. The van der Waals surface area contributed by atoms with Gasteiger partial charge in [-0.25, -0.2) is 4.99 Å². The zero-order valence-corrected chi connectivity index (χ0v) is 28.2. The molecule has 7 heteroatoms. The summed E-state index contributed by atoms with van der Waals surface area (Å²) in [4.78, 5) is 21.4. The first-order valence-electron chi connectivity index (χ1n) is 16.8. The molecule has 1 saturated heterocycles. The molecule has 2 atom stereocenters. The van der Waals surface area contributed by atoms with Gasteiger partial charge in [0.2, 0.25) is 0 Å². The molecule has 0 unspecified atom stereocenters.